The Bertz CT molecular complexity index is 758. The average molecular weight is 525 g/mol. The van der Waals surface area contributed by atoms with Gasteiger partial charge < -0.3 is 4.74 Å². The van der Waals surface area contributed by atoms with Crippen LogP contribution in [0.25, 0.3) is 0 Å². The third-order valence-electron chi connectivity index (χ3n) is 6.84. The van der Waals surface area contributed by atoms with E-state index in [1.54, 1.807) is 0 Å². The molecule has 0 amide bonds. The standard InChI is InChI=1S/C30H52O5S/c1-2-3-4-5-6-7-8-9-10-11-12-13-14-15-16-17-18-19-20-21-22-23-30(31)35-28-24-26-29(27-25-28)36(32,33)34/h24-27H,2-23H2,1H3,(H,32,33,34). The number of benzene rings is 1. The highest BCUT2D eigenvalue weighted by atomic mass is 32.2. The van der Waals surface area contributed by atoms with Crippen LogP contribution in [-0.4, -0.2) is 18.9 Å². The van der Waals surface area contributed by atoms with Crippen molar-refractivity contribution < 1.29 is 22.5 Å². The van der Waals surface area contributed by atoms with E-state index in [0.29, 0.717) is 6.42 Å². The lowest BCUT2D eigenvalue weighted by Gasteiger charge is -2.05. The average Bonchev–Trinajstić information content (AvgIpc) is 2.84. The molecule has 0 aliphatic rings. The monoisotopic (exact) mass is 524 g/mol. The van der Waals surface area contributed by atoms with Crippen LogP contribution in [-0.2, 0) is 14.9 Å². The summed E-state index contributed by atoms with van der Waals surface area (Å²) in [6.45, 7) is 2.28. The number of hydrogen-bond acceptors (Lipinski definition) is 4. The maximum Gasteiger partial charge on any atom is 0.311 e. The molecule has 0 unspecified atom stereocenters. The predicted octanol–water partition coefficient (Wildman–Crippen LogP) is 9.44. The zero-order valence-electron chi connectivity index (χ0n) is 22.9. The van der Waals surface area contributed by atoms with Gasteiger partial charge in [0.1, 0.15) is 5.75 Å². The number of ether oxygens (including phenoxy) is 1. The van der Waals surface area contributed by atoms with Crippen LogP contribution in [0, 0.1) is 0 Å². The summed E-state index contributed by atoms with van der Waals surface area (Å²) in [7, 11) is -4.23. The SMILES string of the molecule is CCCCCCCCCCCCCCCCCCCCCCCC(=O)Oc1ccc(S(=O)(=O)O)cc1. The zero-order chi connectivity index (χ0) is 26.3. The highest BCUT2D eigenvalue weighted by Gasteiger charge is 2.10. The van der Waals surface area contributed by atoms with Gasteiger partial charge >= 0.3 is 5.97 Å². The van der Waals surface area contributed by atoms with Crippen molar-refractivity contribution in [3.63, 3.8) is 0 Å². The largest absolute Gasteiger partial charge is 0.427 e. The smallest absolute Gasteiger partial charge is 0.311 e. The van der Waals surface area contributed by atoms with Crippen molar-refractivity contribution in [1.29, 1.82) is 0 Å². The van der Waals surface area contributed by atoms with E-state index in [0.717, 1.165) is 19.3 Å². The summed E-state index contributed by atoms with van der Waals surface area (Å²) in [5.74, 6) is -0.0247. The van der Waals surface area contributed by atoms with Gasteiger partial charge in [0, 0.05) is 6.42 Å². The van der Waals surface area contributed by atoms with Crippen molar-refractivity contribution >= 4 is 16.1 Å². The van der Waals surface area contributed by atoms with E-state index in [1.165, 1.54) is 140 Å². The maximum absolute atomic E-state index is 11.9. The summed E-state index contributed by atoms with van der Waals surface area (Å²) in [6, 6.07) is 5.19. The molecule has 0 atom stereocenters. The Morgan fingerprint density at radius 3 is 1.28 bits per heavy atom. The lowest BCUT2D eigenvalue weighted by Crippen LogP contribution is -2.07. The second kappa shape index (κ2) is 21.7. The van der Waals surface area contributed by atoms with E-state index >= 15 is 0 Å². The predicted molar refractivity (Wildman–Crippen MR) is 149 cm³/mol. The Morgan fingerprint density at radius 2 is 0.944 bits per heavy atom. The number of esters is 1. The van der Waals surface area contributed by atoms with Crippen LogP contribution in [0.4, 0.5) is 0 Å². The highest BCUT2D eigenvalue weighted by Crippen LogP contribution is 2.18. The Hall–Kier alpha value is -1.40. The van der Waals surface area contributed by atoms with Crippen molar-refractivity contribution in [2.75, 3.05) is 0 Å². The Balaban J connectivity index is 1.81. The summed E-state index contributed by atoms with van der Waals surface area (Å²) in [4.78, 5) is 11.7. The first kappa shape index (κ1) is 32.6. The fourth-order valence-corrected chi connectivity index (χ4v) is 5.04. The first-order chi connectivity index (χ1) is 17.4. The van der Waals surface area contributed by atoms with Gasteiger partial charge in [0.05, 0.1) is 4.90 Å². The molecule has 0 heterocycles. The molecule has 1 N–H and O–H groups in total. The number of carbonyl (C=O) groups is 1. The molecular weight excluding hydrogens is 472 g/mol. The van der Waals surface area contributed by atoms with Gasteiger partial charge in [0.25, 0.3) is 10.1 Å². The summed E-state index contributed by atoms with van der Waals surface area (Å²) < 4.78 is 36.2. The number of unbranched alkanes of at least 4 members (excludes halogenated alkanes) is 20. The van der Waals surface area contributed by atoms with E-state index < -0.39 is 10.1 Å². The Morgan fingerprint density at radius 1 is 0.611 bits per heavy atom. The molecule has 0 bridgehead atoms. The van der Waals surface area contributed by atoms with E-state index in [2.05, 4.69) is 6.92 Å². The molecule has 5 nitrogen and oxygen atoms in total. The highest BCUT2D eigenvalue weighted by molar-refractivity contribution is 7.85. The van der Waals surface area contributed by atoms with Crippen molar-refractivity contribution in [3.05, 3.63) is 24.3 Å². The summed E-state index contributed by atoms with van der Waals surface area (Å²) in [6.07, 6.45) is 28.3. The van der Waals surface area contributed by atoms with Crippen LogP contribution in [0.3, 0.4) is 0 Å². The molecule has 1 rings (SSSR count). The van der Waals surface area contributed by atoms with E-state index in [9.17, 15) is 13.2 Å². The van der Waals surface area contributed by atoms with Gasteiger partial charge in [-0.05, 0) is 30.7 Å². The molecule has 0 fully saturated rings. The molecule has 0 saturated heterocycles. The third-order valence-corrected chi connectivity index (χ3v) is 7.71. The second-order valence-electron chi connectivity index (χ2n) is 10.2. The molecule has 1 aromatic rings. The van der Waals surface area contributed by atoms with Crippen molar-refractivity contribution in [2.24, 2.45) is 0 Å². The molecule has 0 aliphatic carbocycles. The summed E-state index contributed by atoms with van der Waals surface area (Å²) in [5.41, 5.74) is 0. The number of rotatable bonds is 24. The molecule has 0 radical (unpaired) electrons. The minimum atomic E-state index is -4.23. The zero-order valence-corrected chi connectivity index (χ0v) is 23.7. The van der Waals surface area contributed by atoms with Gasteiger partial charge in [0.2, 0.25) is 0 Å². The van der Waals surface area contributed by atoms with Crippen LogP contribution in [0.1, 0.15) is 148 Å². The minimum Gasteiger partial charge on any atom is -0.427 e. The van der Waals surface area contributed by atoms with E-state index in [4.69, 9.17) is 9.29 Å². The van der Waals surface area contributed by atoms with E-state index in [1.807, 2.05) is 0 Å². The fraction of sp³-hybridized carbons (Fsp3) is 0.767. The molecule has 36 heavy (non-hydrogen) atoms. The van der Waals surface area contributed by atoms with Crippen molar-refractivity contribution in [1.82, 2.24) is 0 Å². The van der Waals surface area contributed by atoms with Crippen LogP contribution < -0.4 is 4.74 Å². The van der Waals surface area contributed by atoms with Crippen LogP contribution in [0.15, 0.2) is 29.2 Å². The first-order valence-corrected chi connectivity index (χ1v) is 16.2. The molecule has 0 spiro atoms. The summed E-state index contributed by atoms with van der Waals surface area (Å²) in [5, 5.41) is 0. The Kier molecular flexibility index (Phi) is 19.6. The lowest BCUT2D eigenvalue weighted by molar-refractivity contribution is -0.134. The van der Waals surface area contributed by atoms with Gasteiger partial charge in [-0.3, -0.25) is 9.35 Å². The second-order valence-corrected chi connectivity index (χ2v) is 11.7. The Labute approximate surface area is 221 Å². The van der Waals surface area contributed by atoms with Crippen molar-refractivity contribution in [3.8, 4) is 5.75 Å². The molecule has 0 aliphatic heterocycles. The van der Waals surface area contributed by atoms with Gasteiger partial charge in [0.15, 0.2) is 0 Å². The van der Waals surface area contributed by atoms with E-state index in [-0.39, 0.29) is 16.6 Å². The number of hydrogen-bond donors (Lipinski definition) is 1. The van der Waals surface area contributed by atoms with Crippen LogP contribution >= 0.6 is 0 Å². The van der Waals surface area contributed by atoms with Crippen LogP contribution in [0.2, 0.25) is 0 Å². The maximum atomic E-state index is 11.9. The van der Waals surface area contributed by atoms with Gasteiger partial charge in [-0.1, -0.05) is 135 Å². The van der Waals surface area contributed by atoms with Gasteiger partial charge in [-0.25, -0.2) is 0 Å². The molecule has 6 heteroatoms. The topological polar surface area (TPSA) is 80.7 Å². The molecule has 208 valence electrons. The number of carbonyl (C=O) groups excluding carboxylic acids is 1. The minimum absolute atomic E-state index is 0.216. The van der Waals surface area contributed by atoms with Gasteiger partial charge in [-0.2, -0.15) is 8.42 Å². The molecular formula is C30H52O5S. The molecule has 0 saturated carbocycles. The third kappa shape index (κ3) is 18.8. The first-order valence-electron chi connectivity index (χ1n) is 14.7. The quantitative estimate of drug-likeness (QED) is 0.0630. The van der Waals surface area contributed by atoms with Crippen LogP contribution in [0.5, 0.6) is 5.75 Å². The normalized spacial score (nSPS) is 11.6. The molecule has 1 aromatic carbocycles. The van der Waals surface area contributed by atoms with Crippen molar-refractivity contribution in [2.45, 2.75) is 153 Å². The molecule has 0 aromatic heterocycles. The summed E-state index contributed by atoms with van der Waals surface area (Å²) >= 11 is 0. The van der Waals surface area contributed by atoms with Gasteiger partial charge in [-0.15, -0.1) is 0 Å². The fourth-order valence-electron chi connectivity index (χ4n) is 4.56. The lowest BCUT2D eigenvalue weighted by atomic mass is 10.0.